The summed E-state index contributed by atoms with van der Waals surface area (Å²) in [5.74, 6) is -0.0402. The molecule has 0 spiro atoms. The number of carbonyl (C=O) groups excluding carboxylic acids is 2. The lowest BCUT2D eigenvalue weighted by Crippen LogP contribution is -2.36. The Bertz CT molecular complexity index is 1220. The molecule has 7 nitrogen and oxygen atoms in total. The second kappa shape index (κ2) is 10.4. The number of benzene rings is 2. The highest BCUT2D eigenvalue weighted by Crippen LogP contribution is 2.33. The molecule has 36 heavy (non-hydrogen) atoms. The fraction of sp³-hybridized carbons (Fsp3) is 0.370. The molecule has 5 rings (SSSR count). The number of amides is 2. The maximum Gasteiger partial charge on any atom is 0.287 e. The Morgan fingerprint density at radius 3 is 2.44 bits per heavy atom. The fourth-order valence-electron chi connectivity index (χ4n) is 5.43. The van der Waals surface area contributed by atoms with E-state index >= 15 is 0 Å². The molecule has 2 fully saturated rings. The number of aromatic nitrogens is 2. The standard InChI is InChI=1S/C27H29ClFN5O2/c1-32-13-11-30-25(32)26(35)31-23(18-6-3-2-4-7-18)10-12-33-14-19-16-34(17-20(19)15-33)27(36)24-21(28)8-5-9-22(24)29/h2-9,11,13,19-20,23H,10,12,14-17H2,1H3,(H,31,35)/t19-,20?,23?/m0/s1. The summed E-state index contributed by atoms with van der Waals surface area (Å²) in [5, 5.41) is 3.30. The summed E-state index contributed by atoms with van der Waals surface area (Å²) in [6, 6.07) is 14.2. The Labute approximate surface area is 214 Å². The number of carbonyl (C=O) groups is 2. The Morgan fingerprint density at radius 1 is 1.08 bits per heavy atom. The number of nitrogens with zero attached hydrogens (tertiary/aromatic N) is 4. The third kappa shape index (κ3) is 5.01. The minimum atomic E-state index is -0.578. The number of likely N-dealkylation sites (tertiary alicyclic amines) is 2. The minimum absolute atomic E-state index is 0.0369. The molecule has 3 heterocycles. The van der Waals surface area contributed by atoms with Gasteiger partial charge in [0.25, 0.3) is 11.8 Å². The largest absolute Gasteiger partial charge is 0.343 e. The van der Waals surface area contributed by atoms with Gasteiger partial charge in [-0.25, -0.2) is 9.37 Å². The van der Waals surface area contributed by atoms with E-state index in [2.05, 4.69) is 15.2 Å². The number of rotatable bonds is 7. The molecule has 1 aromatic heterocycles. The molecule has 9 heteroatoms. The second-order valence-electron chi connectivity index (χ2n) is 9.67. The van der Waals surface area contributed by atoms with E-state index in [4.69, 9.17) is 11.6 Å². The van der Waals surface area contributed by atoms with Gasteiger partial charge in [-0.1, -0.05) is 48.0 Å². The van der Waals surface area contributed by atoms with Crippen molar-refractivity contribution in [3.05, 3.63) is 88.7 Å². The first-order valence-electron chi connectivity index (χ1n) is 12.2. The van der Waals surface area contributed by atoms with E-state index < -0.39 is 5.82 Å². The first-order chi connectivity index (χ1) is 17.4. The summed E-state index contributed by atoms with van der Waals surface area (Å²) in [5.41, 5.74) is 1.02. The van der Waals surface area contributed by atoms with Crippen molar-refractivity contribution in [2.45, 2.75) is 12.5 Å². The Morgan fingerprint density at radius 2 is 1.81 bits per heavy atom. The van der Waals surface area contributed by atoms with E-state index in [1.54, 1.807) is 35.0 Å². The van der Waals surface area contributed by atoms with E-state index in [9.17, 15) is 14.0 Å². The molecule has 0 bridgehead atoms. The highest BCUT2D eigenvalue weighted by atomic mass is 35.5. The molecule has 2 amide bonds. The monoisotopic (exact) mass is 509 g/mol. The van der Waals surface area contributed by atoms with Crippen molar-refractivity contribution in [2.75, 3.05) is 32.7 Å². The highest BCUT2D eigenvalue weighted by molar-refractivity contribution is 6.33. The quantitative estimate of drug-likeness (QED) is 0.526. The van der Waals surface area contributed by atoms with Crippen molar-refractivity contribution in [1.29, 1.82) is 0 Å². The molecule has 2 saturated heterocycles. The Kier molecular flexibility index (Phi) is 7.07. The SMILES string of the molecule is Cn1ccnc1C(=O)NC(CCN1CC2CN(C(=O)c3c(F)cccc3Cl)C[C@@H]2C1)c1ccccc1. The lowest BCUT2D eigenvalue weighted by Gasteiger charge is -2.25. The zero-order valence-corrected chi connectivity index (χ0v) is 20.9. The number of nitrogens with one attached hydrogen (secondary N) is 1. The van der Waals surface area contributed by atoms with Gasteiger partial charge in [-0.3, -0.25) is 9.59 Å². The molecule has 188 valence electrons. The summed E-state index contributed by atoms with van der Waals surface area (Å²) < 4.78 is 16.0. The van der Waals surface area contributed by atoms with E-state index in [-0.39, 0.29) is 28.4 Å². The summed E-state index contributed by atoms with van der Waals surface area (Å²) in [4.78, 5) is 34.1. The van der Waals surface area contributed by atoms with Crippen molar-refractivity contribution >= 4 is 23.4 Å². The van der Waals surface area contributed by atoms with E-state index in [1.807, 2.05) is 30.3 Å². The third-order valence-electron chi connectivity index (χ3n) is 7.29. The lowest BCUT2D eigenvalue weighted by atomic mass is 10.0. The molecule has 0 aliphatic carbocycles. The first kappa shape index (κ1) is 24.5. The molecule has 3 atom stereocenters. The number of halogens is 2. The van der Waals surface area contributed by atoms with Crippen LogP contribution in [0, 0.1) is 17.7 Å². The molecule has 2 unspecified atom stereocenters. The molecule has 3 aromatic rings. The summed E-state index contributed by atoms with van der Waals surface area (Å²) in [6.45, 7) is 3.76. The molecule has 2 aliphatic heterocycles. The van der Waals surface area contributed by atoms with Crippen LogP contribution in [0.2, 0.25) is 5.02 Å². The van der Waals surface area contributed by atoms with Crippen molar-refractivity contribution in [3.8, 4) is 0 Å². The molecule has 0 radical (unpaired) electrons. The van der Waals surface area contributed by atoms with Gasteiger partial charge in [0.15, 0.2) is 5.82 Å². The van der Waals surface area contributed by atoms with Crippen LogP contribution in [0.15, 0.2) is 60.9 Å². The van der Waals surface area contributed by atoms with Crippen molar-refractivity contribution < 1.29 is 14.0 Å². The smallest absolute Gasteiger partial charge is 0.287 e. The van der Waals surface area contributed by atoms with Gasteiger partial charge in [-0.05, 0) is 36.0 Å². The molecule has 2 aromatic carbocycles. The summed E-state index contributed by atoms with van der Waals surface area (Å²) in [6.07, 6.45) is 4.13. The van der Waals surface area contributed by atoms with Crippen molar-refractivity contribution in [1.82, 2.24) is 24.7 Å². The molecular formula is C27H29ClFN5O2. The minimum Gasteiger partial charge on any atom is -0.343 e. The van der Waals surface area contributed by atoms with Crippen LogP contribution in [-0.2, 0) is 7.05 Å². The molecule has 2 aliphatic rings. The van der Waals surface area contributed by atoms with Crippen LogP contribution < -0.4 is 5.32 Å². The number of hydrogen-bond donors (Lipinski definition) is 1. The molecule has 0 saturated carbocycles. The van der Waals surface area contributed by atoms with E-state index in [1.165, 1.54) is 12.1 Å². The van der Waals surface area contributed by atoms with Crippen LogP contribution in [0.25, 0.3) is 0 Å². The maximum absolute atomic E-state index is 14.2. The van der Waals surface area contributed by atoms with Gasteiger partial charge in [-0.2, -0.15) is 0 Å². The van der Waals surface area contributed by atoms with Gasteiger partial charge in [0, 0.05) is 52.2 Å². The van der Waals surface area contributed by atoms with Gasteiger partial charge in [0.2, 0.25) is 0 Å². The van der Waals surface area contributed by atoms with Crippen LogP contribution >= 0.6 is 11.6 Å². The topological polar surface area (TPSA) is 70.5 Å². The van der Waals surface area contributed by atoms with E-state index in [0.717, 1.165) is 31.6 Å². The van der Waals surface area contributed by atoms with E-state index in [0.29, 0.717) is 30.7 Å². The van der Waals surface area contributed by atoms with Crippen LogP contribution in [0.3, 0.4) is 0 Å². The number of fused-ring (bicyclic) bond motifs is 1. The van der Waals surface area contributed by atoms with Gasteiger partial charge >= 0.3 is 0 Å². The zero-order chi connectivity index (χ0) is 25.2. The van der Waals surface area contributed by atoms with Gasteiger partial charge in [-0.15, -0.1) is 0 Å². The Hall–Kier alpha value is -3.23. The van der Waals surface area contributed by atoms with Crippen molar-refractivity contribution in [3.63, 3.8) is 0 Å². The van der Waals surface area contributed by atoms with Crippen LogP contribution in [0.1, 0.15) is 39.0 Å². The zero-order valence-electron chi connectivity index (χ0n) is 20.1. The number of hydrogen-bond acceptors (Lipinski definition) is 4. The predicted molar refractivity (Wildman–Crippen MR) is 135 cm³/mol. The number of aryl methyl sites for hydroxylation is 1. The highest BCUT2D eigenvalue weighted by Gasteiger charge is 2.42. The lowest BCUT2D eigenvalue weighted by molar-refractivity contribution is 0.0769. The fourth-order valence-corrected chi connectivity index (χ4v) is 5.67. The third-order valence-corrected chi connectivity index (χ3v) is 7.61. The Balaban J connectivity index is 1.19. The number of imidazole rings is 1. The average molecular weight is 510 g/mol. The van der Waals surface area contributed by atoms with Crippen LogP contribution in [0.5, 0.6) is 0 Å². The summed E-state index contributed by atoms with van der Waals surface area (Å²) >= 11 is 6.11. The summed E-state index contributed by atoms with van der Waals surface area (Å²) in [7, 11) is 1.80. The average Bonchev–Trinajstić information content (AvgIpc) is 3.57. The van der Waals surface area contributed by atoms with Gasteiger partial charge in [0.05, 0.1) is 16.6 Å². The predicted octanol–water partition coefficient (Wildman–Crippen LogP) is 3.78. The van der Waals surface area contributed by atoms with Crippen LogP contribution in [-0.4, -0.2) is 63.9 Å². The molecule has 1 N–H and O–H groups in total. The normalized spacial score (nSPS) is 20.4. The first-order valence-corrected chi connectivity index (χ1v) is 12.6. The maximum atomic E-state index is 14.2. The molecular weight excluding hydrogens is 481 g/mol. The van der Waals surface area contributed by atoms with Crippen LogP contribution in [0.4, 0.5) is 4.39 Å². The van der Waals surface area contributed by atoms with Gasteiger partial charge in [0.1, 0.15) is 5.82 Å². The second-order valence-corrected chi connectivity index (χ2v) is 10.1. The van der Waals surface area contributed by atoms with Crippen molar-refractivity contribution in [2.24, 2.45) is 18.9 Å². The van der Waals surface area contributed by atoms with Gasteiger partial charge < -0.3 is 19.7 Å².